The molecule has 3 aromatic rings. The number of hydrogen-bond donors (Lipinski definition) is 0. The highest BCUT2D eigenvalue weighted by Gasteiger charge is 2.17. The van der Waals surface area contributed by atoms with E-state index in [1.807, 2.05) is 48.5 Å². The fourth-order valence-corrected chi connectivity index (χ4v) is 2.42. The Kier molecular flexibility index (Phi) is 4.15. The van der Waals surface area contributed by atoms with Crippen molar-refractivity contribution in [3.63, 3.8) is 0 Å². The number of rotatable bonds is 5. The van der Waals surface area contributed by atoms with Gasteiger partial charge >= 0.3 is 0 Å². The average molecular weight is 307 g/mol. The Balaban J connectivity index is 2.10. The van der Waals surface area contributed by atoms with Crippen LogP contribution in [0.15, 0.2) is 59.6 Å². The van der Waals surface area contributed by atoms with Gasteiger partial charge in [0.2, 0.25) is 0 Å². The lowest BCUT2D eigenvalue weighted by Crippen LogP contribution is -1.87. The molecule has 0 unspecified atom stereocenters. The van der Waals surface area contributed by atoms with E-state index in [1.165, 1.54) is 0 Å². The maximum atomic E-state index is 5.44. The summed E-state index contributed by atoms with van der Waals surface area (Å²) >= 11 is 0. The number of benzene rings is 2. The molecule has 1 heterocycles. The zero-order valence-electron chi connectivity index (χ0n) is 13.1. The first kappa shape index (κ1) is 14.9. The molecule has 1 aromatic heterocycles. The van der Waals surface area contributed by atoms with E-state index in [2.05, 4.69) is 11.7 Å². The molecule has 0 atom stereocenters. The zero-order valence-corrected chi connectivity index (χ0v) is 13.1. The number of aromatic nitrogens is 1. The minimum absolute atomic E-state index is 0.640. The van der Waals surface area contributed by atoms with E-state index in [4.69, 9.17) is 14.0 Å². The van der Waals surface area contributed by atoms with Crippen LogP contribution in [0.25, 0.3) is 28.5 Å². The van der Waals surface area contributed by atoms with E-state index >= 15 is 0 Å². The molecule has 0 spiro atoms. The van der Waals surface area contributed by atoms with Gasteiger partial charge < -0.3 is 14.0 Å². The van der Waals surface area contributed by atoms with Crippen LogP contribution in [-0.4, -0.2) is 19.4 Å². The zero-order chi connectivity index (χ0) is 16.2. The van der Waals surface area contributed by atoms with Crippen LogP contribution < -0.4 is 9.47 Å². The predicted octanol–water partition coefficient (Wildman–Crippen LogP) is 4.67. The van der Waals surface area contributed by atoms with Crippen molar-refractivity contribution in [3.8, 4) is 33.9 Å². The van der Waals surface area contributed by atoms with Crippen LogP contribution in [0, 0.1) is 0 Å². The van der Waals surface area contributed by atoms with E-state index < -0.39 is 0 Å². The van der Waals surface area contributed by atoms with Gasteiger partial charge in [0.15, 0.2) is 5.76 Å². The van der Waals surface area contributed by atoms with Gasteiger partial charge in [0.1, 0.15) is 17.2 Å². The molecule has 0 N–H and O–H groups in total. The quantitative estimate of drug-likeness (QED) is 0.687. The Bertz CT molecular complexity index is 802. The summed E-state index contributed by atoms with van der Waals surface area (Å²) in [4.78, 5) is 0. The summed E-state index contributed by atoms with van der Waals surface area (Å²) in [6, 6.07) is 15.5. The molecule has 4 nitrogen and oxygen atoms in total. The topological polar surface area (TPSA) is 44.5 Å². The van der Waals surface area contributed by atoms with Crippen molar-refractivity contribution >= 4 is 6.08 Å². The monoisotopic (exact) mass is 307 g/mol. The van der Waals surface area contributed by atoms with Gasteiger partial charge in [0.05, 0.1) is 19.8 Å². The van der Waals surface area contributed by atoms with Gasteiger partial charge in [-0.2, -0.15) is 0 Å². The predicted molar refractivity (Wildman–Crippen MR) is 90.6 cm³/mol. The van der Waals surface area contributed by atoms with E-state index in [9.17, 15) is 0 Å². The smallest absolute Gasteiger partial charge is 0.167 e. The second-order valence-corrected chi connectivity index (χ2v) is 4.93. The van der Waals surface area contributed by atoms with Crippen LogP contribution >= 0.6 is 0 Å². The number of ether oxygens (including phenoxy) is 2. The largest absolute Gasteiger partial charge is 0.497 e. The molecular formula is C19H17NO3. The highest BCUT2D eigenvalue weighted by Crippen LogP contribution is 2.36. The summed E-state index contributed by atoms with van der Waals surface area (Å²) in [6.07, 6.45) is 1.67. The van der Waals surface area contributed by atoms with Crippen molar-refractivity contribution in [3.05, 3.63) is 60.9 Å². The minimum atomic E-state index is 0.640. The van der Waals surface area contributed by atoms with Crippen LogP contribution in [0.4, 0.5) is 0 Å². The molecule has 4 heteroatoms. The van der Waals surface area contributed by atoms with Crippen LogP contribution in [0.5, 0.6) is 11.5 Å². The SMILES string of the molecule is C=Cc1onc(-c2ccc(OC)cc2)c1-c1ccc(OC)cc1. The lowest BCUT2D eigenvalue weighted by Gasteiger charge is -2.06. The van der Waals surface area contributed by atoms with Crippen molar-refractivity contribution in [2.75, 3.05) is 14.2 Å². The molecule has 2 aromatic carbocycles. The normalized spacial score (nSPS) is 10.3. The second-order valence-electron chi connectivity index (χ2n) is 4.93. The number of hydrogen-bond acceptors (Lipinski definition) is 4. The molecule has 0 saturated carbocycles. The van der Waals surface area contributed by atoms with E-state index in [0.717, 1.165) is 33.9 Å². The van der Waals surface area contributed by atoms with Gasteiger partial charge in [-0.15, -0.1) is 0 Å². The summed E-state index contributed by atoms with van der Waals surface area (Å²) in [7, 11) is 3.29. The molecule has 0 bridgehead atoms. The van der Waals surface area contributed by atoms with Crippen molar-refractivity contribution in [2.24, 2.45) is 0 Å². The first-order valence-electron chi connectivity index (χ1n) is 7.17. The molecule has 0 aliphatic rings. The maximum Gasteiger partial charge on any atom is 0.167 e. The van der Waals surface area contributed by atoms with Gasteiger partial charge in [-0.3, -0.25) is 0 Å². The Morgan fingerprint density at radius 1 is 0.870 bits per heavy atom. The van der Waals surface area contributed by atoms with Gasteiger partial charge in [0.25, 0.3) is 0 Å². The molecule has 0 aliphatic carbocycles. The summed E-state index contributed by atoms with van der Waals surface area (Å²) in [6.45, 7) is 3.81. The summed E-state index contributed by atoms with van der Waals surface area (Å²) in [5, 5.41) is 4.21. The lowest BCUT2D eigenvalue weighted by molar-refractivity contribution is 0.413. The molecule has 0 amide bonds. The summed E-state index contributed by atoms with van der Waals surface area (Å²) < 4.78 is 15.8. The number of methoxy groups -OCH3 is 2. The minimum Gasteiger partial charge on any atom is -0.497 e. The third-order valence-corrected chi connectivity index (χ3v) is 3.65. The third kappa shape index (κ3) is 2.83. The highest BCUT2D eigenvalue weighted by molar-refractivity contribution is 5.85. The standard InChI is InChI=1S/C19H17NO3/c1-4-17-18(13-5-9-15(21-2)10-6-13)19(20-23-17)14-7-11-16(22-3)12-8-14/h4-12H,1H2,2-3H3. The number of nitrogens with zero attached hydrogens (tertiary/aromatic N) is 1. The molecular weight excluding hydrogens is 290 g/mol. The van der Waals surface area contributed by atoms with E-state index in [1.54, 1.807) is 20.3 Å². The fraction of sp³-hybridized carbons (Fsp3) is 0.105. The second kappa shape index (κ2) is 6.40. The van der Waals surface area contributed by atoms with Gasteiger partial charge in [-0.05, 0) is 48.0 Å². The van der Waals surface area contributed by atoms with Gasteiger partial charge in [0, 0.05) is 5.56 Å². The summed E-state index contributed by atoms with van der Waals surface area (Å²) in [5.74, 6) is 2.24. The molecule has 23 heavy (non-hydrogen) atoms. The van der Waals surface area contributed by atoms with E-state index in [-0.39, 0.29) is 0 Å². The molecule has 0 aliphatic heterocycles. The molecule has 116 valence electrons. The van der Waals surface area contributed by atoms with Gasteiger partial charge in [-0.1, -0.05) is 23.9 Å². The molecule has 0 saturated heterocycles. The Hall–Kier alpha value is -3.01. The third-order valence-electron chi connectivity index (χ3n) is 3.65. The maximum absolute atomic E-state index is 5.44. The van der Waals surface area contributed by atoms with Crippen LogP contribution in [-0.2, 0) is 0 Å². The first-order chi connectivity index (χ1) is 11.3. The first-order valence-corrected chi connectivity index (χ1v) is 7.17. The van der Waals surface area contributed by atoms with Crippen molar-refractivity contribution < 1.29 is 14.0 Å². The van der Waals surface area contributed by atoms with Crippen molar-refractivity contribution in [2.45, 2.75) is 0 Å². The Labute approximate surface area is 135 Å². The summed E-state index contributed by atoms with van der Waals surface area (Å²) in [5.41, 5.74) is 3.63. The fourth-order valence-electron chi connectivity index (χ4n) is 2.42. The molecule has 0 radical (unpaired) electrons. The Morgan fingerprint density at radius 3 is 1.87 bits per heavy atom. The van der Waals surface area contributed by atoms with Crippen molar-refractivity contribution in [1.82, 2.24) is 5.16 Å². The molecule has 0 fully saturated rings. The van der Waals surface area contributed by atoms with Crippen molar-refractivity contribution in [1.29, 1.82) is 0 Å². The lowest BCUT2D eigenvalue weighted by atomic mass is 9.99. The highest BCUT2D eigenvalue weighted by atomic mass is 16.5. The molecule has 3 rings (SSSR count). The van der Waals surface area contributed by atoms with E-state index in [0.29, 0.717) is 5.76 Å². The van der Waals surface area contributed by atoms with Crippen LogP contribution in [0.2, 0.25) is 0 Å². The van der Waals surface area contributed by atoms with Crippen LogP contribution in [0.1, 0.15) is 5.76 Å². The Morgan fingerprint density at radius 2 is 1.39 bits per heavy atom. The van der Waals surface area contributed by atoms with Gasteiger partial charge in [-0.25, -0.2) is 0 Å². The average Bonchev–Trinajstić information content (AvgIpc) is 3.06. The van der Waals surface area contributed by atoms with Crippen LogP contribution in [0.3, 0.4) is 0 Å².